The van der Waals surface area contributed by atoms with Gasteiger partial charge in [0.25, 0.3) is 0 Å². The van der Waals surface area contributed by atoms with Crippen molar-refractivity contribution in [3.8, 4) is 0 Å². The van der Waals surface area contributed by atoms with E-state index in [0.29, 0.717) is 25.0 Å². The predicted octanol–water partition coefficient (Wildman–Crippen LogP) is -0.134. The van der Waals surface area contributed by atoms with Crippen LogP contribution in [-0.4, -0.2) is 48.4 Å². The van der Waals surface area contributed by atoms with Crippen LogP contribution in [0.25, 0.3) is 0 Å². The highest BCUT2D eigenvalue weighted by molar-refractivity contribution is 5.89. The maximum Gasteiger partial charge on any atom is 0.225 e. The first-order valence-electron chi connectivity index (χ1n) is 7.05. The van der Waals surface area contributed by atoms with Gasteiger partial charge in [-0.15, -0.1) is 0 Å². The molecule has 0 aliphatic carbocycles. The molecule has 3 aliphatic rings. The van der Waals surface area contributed by atoms with Gasteiger partial charge in [0, 0.05) is 31.6 Å². The lowest BCUT2D eigenvalue weighted by molar-refractivity contribution is -0.127. The molecule has 0 aromatic carbocycles. The number of rotatable bonds is 2. The Balaban J connectivity index is 1.56. The molecule has 18 heavy (non-hydrogen) atoms. The van der Waals surface area contributed by atoms with Gasteiger partial charge in [-0.05, 0) is 25.8 Å². The van der Waals surface area contributed by atoms with Gasteiger partial charge in [0.2, 0.25) is 11.8 Å². The van der Waals surface area contributed by atoms with Crippen LogP contribution in [0.2, 0.25) is 0 Å². The van der Waals surface area contributed by atoms with Crippen LogP contribution in [0, 0.1) is 5.92 Å². The summed E-state index contributed by atoms with van der Waals surface area (Å²) < 4.78 is 0. The molecule has 0 aromatic heterocycles. The van der Waals surface area contributed by atoms with Crippen LogP contribution in [0.1, 0.15) is 32.1 Å². The Morgan fingerprint density at radius 3 is 2.94 bits per heavy atom. The van der Waals surface area contributed by atoms with Gasteiger partial charge in [0.1, 0.15) is 0 Å². The number of hydrogen-bond donors (Lipinski definition) is 2. The van der Waals surface area contributed by atoms with E-state index in [0.717, 1.165) is 13.0 Å². The molecule has 3 aliphatic heterocycles. The number of hydrogen-bond acceptors (Lipinski definition) is 3. The van der Waals surface area contributed by atoms with Crippen LogP contribution >= 0.6 is 0 Å². The molecule has 0 spiro atoms. The van der Waals surface area contributed by atoms with Crippen LogP contribution in [0.3, 0.4) is 0 Å². The molecule has 0 saturated carbocycles. The highest BCUT2D eigenvalue weighted by Crippen LogP contribution is 2.27. The lowest BCUT2D eigenvalue weighted by Crippen LogP contribution is -2.48. The minimum Gasteiger partial charge on any atom is -0.355 e. The Morgan fingerprint density at radius 2 is 2.17 bits per heavy atom. The maximum absolute atomic E-state index is 12.1. The quantitative estimate of drug-likeness (QED) is 0.718. The van der Waals surface area contributed by atoms with E-state index >= 15 is 0 Å². The van der Waals surface area contributed by atoms with E-state index in [1.165, 1.54) is 25.8 Å². The van der Waals surface area contributed by atoms with Crippen molar-refractivity contribution in [3.05, 3.63) is 0 Å². The molecule has 3 heterocycles. The summed E-state index contributed by atoms with van der Waals surface area (Å²) in [6, 6.07) is 0.835. The summed E-state index contributed by atoms with van der Waals surface area (Å²) in [7, 11) is 0. The van der Waals surface area contributed by atoms with E-state index in [4.69, 9.17) is 0 Å². The molecule has 3 saturated heterocycles. The van der Waals surface area contributed by atoms with E-state index in [1.807, 2.05) is 0 Å². The van der Waals surface area contributed by atoms with Crippen molar-refractivity contribution in [2.24, 2.45) is 5.92 Å². The largest absolute Gasteiger partial charge is 0.355 e. The molecular formula is C13H21N3O2. The van der Waals surface area contributed by atoms with Gasteiger partial charge in [-0.1, -0.05) is 6.42 Å². The number of carbonyl (C=O) groups is 2. The summed E-state index contributed by atoms with van der Waals surface area (Å²) in [5.41, 5.74) is 0. The molecule has 3 atom stereocenters. The van der Waals surface area contributed by atoms with E-state index in [2.05, 4.69) is 15.5 Å². The second-order valence-electron chi connectivity index (χ2n) is 5.71. The lowest BCUT2D eigenvalue weighted by atomic mass is 9.98. The Bertz CT molecular complexity index is 358. The Hall–Kier alpha value is -1.10. The van der Waals surface area contributed by atoms with Gasteiger partial charge in [0.15, 0.2) is 0 Å². The average molecular weight is 251 g/mol. The molecule has 0 aromatic rings. The monoisotopic (exact) mass is 251 g/mol. The van der Waals surface area contributed by atoms with E-state index in [-0.39, 0.29) is 17.7 Å². The minimum atomic E-state index is -0.157. The van der Waals surface area contributed by atoms with Crippen molar-refractivity contribution in [2.75, 3.05) is 19.6 Å². The first-order valence-corrected chi connectivity index (χ1v) is 7.05. The summed E-state index contributed by atoms with van der Waals surface area (Å²) in [4.78, 5) is 25.7. The fraction of sp³-hybridized carbons (Fsp3) is 0.846. The van der Waals surface area contributed by atoms with Crippen molar-refractivity contribution >= 4 is 11.8 Å². The standard InChI is InChI=1S/C13H21N3O2/c17-12-7-9(8-14-12)13(18)15-10-4-6-16-5-2-1-3-11(10)16/h9-11H,1-8H2,(H,14,17)(H,15,18). The molecule has 3 fully saturated rings. The molecule has 2 N–H and O–H groups in total. The average Bonchev–Trinajstić information content (AvgIpc) is 2.97. The fourth-order valence-corrected chi connectivity index (χ4v) is 3.51. The van der Waals surface area contributed by atoms with Gasteiger partial charge in [-0.3, -0.25) is 14.5 Å². The molecule has 0 radical (unpaired) electrons. The molecule has 5 heteroatoms. The van der Waals surface area contributed by atoms with Gasteiger partial charge in [-0.25, -0.2) is 0 Å². The summed E-state index contributed by atoms with van der Waals surface area (Å²) in [5.74, 6) is -0.0956. The van der Waals surface area contributed by atoms with E-state index in [9.17, 15) is 9.59 Å². The second kappa shape index (κ2) is 4.88. The molecule has 3 rings (SSSR count). The normalized spacial score (nSPS) is 36.2. The van der Waals surface area contributed by atoms with E-state index in [1.54, 1.807) is 0 Å². The predicted molar refractivity (Wildman–Crippen MR) is 66.9 cm³/mol. The number of fused-ring (bicyclic) bond motifs is 1. The number of piperidine rings is 1. The minimum absolute atomic E-state index is 0.000801. The first kappa shape index (κ1) is 12.0. The first-order chi connectivity index (χ1) is 8.74. The summed E-state index contributed by atoms with van der Waals surface area (Å²) in [5, 5.41) is 5.89. The smallest absolute Gasteiger partial charge is 0.225 e. The van der Waals surface area contributed by atoms with Gasteiger partial charge >= 0.3 is 0 Å². The van der Waals surface area contributed by atoms with Crippen molar-refractivity contribution in [1.82, 2.24) is 15.5 Å². The summed E-state index contributed by atoms with van der Waals surface area (Å²) in [6.45, 7) is 2.80. The zero-order valence-electron chi connectivity index (χ0n) is 10.7. The van der Waals surface area contributed by atoms with E-state index < -0.39 is 0 Å². The number of nitrogens with one attached hydrogen (secondary N) is 2. The maximum atomic E-state index is 12.1. The van der Waals surface area contributed by atoms with Crippen molar-refractivity contribution in [3.63, 3.8) is 0 Å². The molecule has 0 bridgehead atoms. The Labute approximate surface area is 107 Å². The topological polar surface area (TPSA) is 61.4 Å². The molecule has 5 nitrogen and oxygen atoms in total. The number of amides is 2. The highest BCUT2D eigenvalue weighted by atomic mass is 16.2. The van der Waals surface area contributed by atoms with Gasteiger partial charge in [0.05, 0.1) is 5.92 Å². The Kier molecular flexibility index (Phi) is 3.24. The van der Waals surface area contributed by atoms with Crippen LogP contribution < -0.4 is 10.6 Å². The third-order valence-corrected chi connectivity index (χ3v) is 4.53. The zero-order valence-corrected chi connectivity index (χ0v) is 10.7. The van der Waals surface area contributed by atoms with Crippen molar-refractivity contribution < 1.29 is 9.59 Å². The molecular weight excluding hydrogens is 230 g/mol. The molecule has 3 unspecified atom stereocenters. The third kappa shape index (κ3) is 2.23. The molecule has 2 amide bonds. The second-order valence-corrected chi connectivity index (χ2v) is 5.71. The lowest BCUT2D eigenvalue weighted by Gasteiger charge is -2.32. The highest BCUT2D eigenvalue weighted by Gasteiger charge is 2.38. The van der Waals surface area contributed by atoms with Gasteiger partial charge in [-0.2, -0.15) is 0 Å². The summed E-state index contributed by atoms with van der Waals surface area (Å²) >= 11 is 0. The Morgan fingerprint density at radius 1 is 1.28 bits per heavy atom. The van der Waals surface area contributed by atoms with Crippen molar-refractivity contribution in [1.29, 1.82) is 0 Å². The van der Waals surface area contributed by atoms with Crippen LogP contribution in [0.15, 0.2) is 0 Å². The summed E-state index contributed by atoms with van der Waals surface area (Å²) in [6.07, 6.45) is 5.18. The van der Waals surface area contributed by atoms with Crippen molar-refractivity contribution in [2.45, 2.75) is 44.2 Å². The van der Waals surface area contributed by atoms with Crippen LogP contribution in [0.5, 0.6) is 0 Å². The van der Waals surface area contributed by atoms with Gasteiger partial charge < -0.3 is 10.6 Å². The van der Waals surface area contributed by atoms with Crippen LogP contribution in [0.4, 0.5) is 0 Å². The fourth-order valence-electron chi connectivity index (χ4n) is 3.51. The number of nitrogens with zero attached hydrogens (tertiary/aromatic N) is 1. The number of carbonyl (C=O) groups excluding carboxylic acids is 2. The zero-order chi connectivity index (χ0) is 12.5. The van der Waals surface area contributed by atoms with Crippen LogP contribution in [-0.2, 0) is 9.59 Å². The third-order valence-electron chi connectivity index (χ3n) is 4.53. The SMILES string of the molecule is O=C1CC(C(=O)NC2CCN3CCCCC23)CN1. The molecule has 100 valence electrons.